The van der Waals surface area contributed by atoms with Gasteiger partial charge in [-0.05, 0) is 63.2 Å². The van der Waals surface area contributed by atoms with Gasteiger partial charge in [0.2, 0.25) is 0 Å². The highest BCUT2D eigenvalue weighted by atomic mass is 79.9. The van der Waals surface area contributed by atoms with E-state index in [4.69, 9.17) is 0 Å². The van der Waals surface area contributed by atoms with Crippen molar-refractivity contribution in [3.05, 3.63) is 19.2 Å². The summed E-state index contributed by atoms with van der Waals surface area (Å²) < 4.78 is 1.94. The maximum Gasteiger partial charge on any atom is 0.178 e. The molecule has 1 unspecified atom stereocenters. The Bertz CT molecular complexity index is 433. The molecule has 0 bridgehead atoms. The Labute approximate surface area is 129 Å². The average Bonchev–Trinajstić information content (AvgIpc) is 2.69. The average molecular weight is 395 g/mol. The van der Waals surface area contributed by atoms with Crippen molar-refractivity contribution in [2.24, 2.45) is 5.92 Å². The van der Waals surface area contributed by atoms with E-state index in [1.54, 1.807) is 11.3 Å². The van der Waals surface area contributed by atoms with E-state index in [0.717, 1.165) is 32.1 Å². The molecule has 1 aromatic rings. The number of Topliss-reactive ketones (excluding diaryl/α,β-unsaturated/α-hetero) is 1. The number of hydrogen-bond donors (Lipinski definition) is 0. The predicted molar refractivity (Wildman–Crippen MR) is 83.5 cm³/mol. The number of carbonyl (C=O) groups is 1. The number of ketones is 1. The third kappa shape index (κ3) is 3.65. The fraction of sp³-hybridized carbons (Fsp3) is 0.615. The van der Waals surface area contributed by atoms with E-state index in [9.17, 15) is 4.79 Å². The van der Waals surface area contributed by atoms with Crippen LogP contribution in [0.2, 0.25) is 0 Å². The Morgan fingerprint density at radius 3 is 2.94 bits per heavy atom. The van der Waals surface area contributed by atoms with Gasteiger partial charge >= 0.3 is 0 Å². The molecule has 0 aromatic carbocycles. The summed E-state index contributed by atoms with van der Waals surface area (Å²) in [5, 5.41) is 0. The topological polar surface area (TPSA) is 20.3 Å². The number of halogens is 2. The van der Waals surface area contributed by atoms with Crippen LogP contribution in [0, 0.1) is 5.92 Å². The maximum atomic E-state index is 12.3. The van der Waals surface area contributed by atoms with Crippen molar-refractivity contribution in [3.8, 4) is 0 Å². The van der Waals surface area contributed by atoms with Gasteiger partial charge in [-0.15, -0.1) is 11.3 Å². The Hall–Kier alpha value is 0.290. The summed E-state index contributed by atoms with van der Waals surface area (Å²) in [5.74, 6) is 0.991. The minimum Gasteiger partial charge on any atom is -0.296 e. The summed E-state index contributed by atoms with van der Waals surface area (Å²) in [6.07, 6.45) is 3.76. The second-order valence-electron chi connectivity index (χ2n) is 4.81. The monoisotopic (exact) mass is 393 g/mol. The fourth-order valence-corrected chi connectivity index (χ4v) is 5.30. The summed E-state index contributed by atoms with van der Waals surface area (Å²) in [7, 11) is 0. The zero-order chi connectivity index (χ0) is 13.1. The SMILES string of the molecule is CCC1CCCN(CC(=O)c2cc(Br)sc2Br)C1. The van der Waals surface area contributed by atoms with Crippen LogP contribution < -0.4 is 0 Å². The molecule has 2 rings (SSSR count). The molecule has 1 aromatic heterocycles. The lowest BCUT2D eigenvalue weighted by molar-refractivity contribution is 0.0884. The van der Waals surface area contributed by atoms with E-state index < -0.39 is 0 Å². The van der Waals surface area contributed by atoms with Gasteiger partial charge < -0.3 is 0 Å². The Balaban J connectivity index is 1.97. The van der Waals surface area contributed by atoms with Crippen LogP contribution in [0.15, 0.2) is 13.6 Å². The lowest BCUT2D eigenvalue weighted by Crippen LogP contribution is -2.38. The normalized spacial score (nSPS) is 21.2. The molecule has 1 fully saturated rings. The molecule has 0 saturated carbocycles. The van der Waals surface area contributed by atoms with Crippen molar-refractivity contribution in [3.63, 3.8) is 0 Å². The Morgan fingerprint density at radius 2 is 2.33 bits per heavy atom. The second-order valence-corrected chi connectivity index (χ2v) is 8.56. The molecule has 1 saturated heterocycles. The van der Waals surface area contributed by atoms with Crippen LogP contribution in [-0.2, 0) is 0 Å². The minimum absolute atomic E-state index is 0.223. The first-order chi connectivity index (χ1) is 8.60. The molecule has 2 heterocycles. The van der Waals surface area contributed by atoms with Crippen molar-refractivity contribution >= 4 is 49.0 Å². The van der Waals surface area contributed by atoms with Gasteiger partial charge in [-0.25, -0.2) is 0 Å². The number of thiophene rings is 1. The maximum absolute atomic E-state index is 12.3. The van der Waals surface area contributed by atoms with Gasteiger partial charge in [-0.2, -0.15) is 0 Å². The highest BCUT2D eigenvalue weighted by Crippen LogP contribution is 2.32. The van der Waals surface area contributed by atoms with Crippen LogP contribution in [-0.4, -0.2) is 30.3 Å². The number of rotatable bonds is 4. The zero-order valence-corrected chi connectivity index (χ0v) is 14.4. The van der Waals surface area contributed by atoms with Crippen LogP contribution in [0.25, 0.3) is 0 Å². The van der Waals surface area contributed by atoms with Gasteiger partial charge in [0.05, 0.1) is 14.1 Å². The smallest absolute Gasteiger partial charge is 0.178 e. The van der Waals surface area contributed by atoms with Gasteiger partial charge in [0.15, 0.2) is 5.78 Å². The predicted octanol–water partition coefficient (Wildman–Crippen LogP) is 4.58. The van der Waals surface area contributed by atoms with E-state index in [2.05, 4.69) is 43.7 Å². The molecule has 1 aliphatic heterocycles. The van der Waals surface area contributed by atoms with Crippen molar-refractivity contribution in [2.45, 2.75) is 26.2 Å². The molecular formula is C13H17Br2NOS. The number of carbonyl (C=O) groups excluding carboxylic acids is 1. The lowest BCUT2D eigenvalue weighted by atomic mass is 9.95. The molecule has 2 nitrogen and oxygen atoms in total. The van der Waals surface area contributed by atoms with E-state index >= 15 is 0 Å². The molecule has 100 valence electrons. The third-order valence-electron chi connectivity index (χ3n) is 3.50. The van der Waals surface area contributed by atoms with E-state index in [1.165, 1.54) is 19.3 Å². The first kappa shape index (κ1) is 14.7. The molecular weight excluding hydrogens is 378 g/mol. The standard InChI is InChI=1S/C13H17Br2NOS/c1-2-9-4-3-5-16(7-9)8-11(17)10-6-12(14)18-13(10)15/h6,9H,2-5,7-8H2,1H3. The van der Waals surface area contributed by atoms with Crippen LogP contribution in [0.3, 0.4) is 0 Å². The van der Waals surface area contributed by atoms with E-state index in [1.807, 2.05) is 6.07 Å². The molecule has 18 heavy (non-hydrogen) atoms. The van der Waals surface area contributed by atoms with Crippen LogP contribution in [0.1, 0.15) is 36.5 Å². The highest BCUT2D eigenvalue weighted by Gasteiger charge is 2.22. The summed E-state index contributed by atoms with van der Waals surface area (Å²) in [6.45, 7) is 4.93. The van der Waals surface area contributed by atoms with Gasteiger partial charge in [0, 0.05) is 12.1 Å². The molecule has 0 amide bonds. The van der Waals surface area contributed by atoms with Crippen LogP contribution in [0.4, 0.5) is 0 Å². The highest BCUT2D eigenvalue weighted by molar-refractivity contribution is 9.12. The van der Waals surface area contributed by atoms with E-state index in [-0.39, 0.29) is 5.78 Å². The summed E-state index contributed by atoms with van der Waals surface area (Å²) >= 11 is 8.44. The number of nitrogens with zero attached hydrogens (tertiary/aromatic N) is 1. The first-order valence-corrected chi connectivity index (χ1v) is 8.70. The fourth-order valence-electron chi connectivity index (χ4n) is 2.45. The van der Waals surface area contributed by atoms with Crippen molar-refractivity contribution in [1.82, 2.24) is 4.90 Å². The molecule has 1 aliphatic rings. The molecule has 0 radical (unpaired) electrons. The molecule has 0 spiro atoms. The number of likely N-dealkylation sites (tertiary alicyclic amines) is 1. The van der Waals surface area contributed by atoms with E-state index in [0.29, 0.717) is 6.54 Å². The first-order valence-electron chi connectivity index (χ1n) is 6.30. The van der Waals surface area contributed by atoms with Crippen molar-refractivity contribution < 1.29 is 4.79 Å². The Morgan fingerprint density at radius 1 is 1.56 bits per heavy atom. The molecule has 0 N–H and O–H groups in total. The zero-order valence-electron chi connectivity index (χ0n) is 10.4. The Kier molecular flexibility index (Phi) is 5.42. The number of hydrogen-bond acceptors (Lipinski definition) is 3. The van der Waals surface area contributed by atoms with Crippen molar-refractivity contribution in [1.29, 1.82) is 0 Å². The van der Waals surface area contributed by atoms with Gasteiger partial charge in [-0.1, -0.05) is 13.3 Å². The van der Waals surface area contributed by atoms with Crippen molar-refractivity contribution in [2.75, 3.05) is 19.6 Å². The van der Waals surface area contributed by atoms with Gasteiger partial charge in [0.25, 0.3) is 0 Å². The molecule has 0 aliphatic carbocycles. The quantitative estimate of drug-likeness (QED) is 0.696. The van der Waals surface area contributed by atoms with Gasteiger partial charge in [0.1, 0.15) is 0 Å². The van der Waals surface area contributed by atoms with Crippen LogP contribution >= 0.6 is 43.2 Å². The summed E-state index contributed by atoms with van der Waals surface area (Å²) in [6, 6.07) is 1.92. The molecule has 1 atom stereocenters. The lowest BCUT2D eigenvalue weighted by Gasteiger charge is -2.31. The summed E-state index contributed by atoms with van der Waals surface area (Å²) in [5.41, 5.74) is 0.811. The van der Waals surface area contributed by atoms with Crippen LogP contribution in [0.5, 0.6) is 0 Å². The third-order valence-corrected chi connectivity index (χ3v) is 5.84. The minimum atomic E-state index is 0.223. The van der Waals surface area contributed by atoms with Gasteiger partial charge in [-0.3, -0.25) is 9.69 Å². The summed E-state index contributed by atoms with van der Waals surface area (Å²) in [4.78, 5) is 14.6. The largest absolute Gasteiger partial charge is 0.296 e. The number of piperidine rings is 1. The molecule has 5 heteroatoms. The second kappa shape index (κ2) is 6.64.